The van der Waals surface area contributed by atoms with Gasteiger partial charge in [0, 0.05) is 18.7 Å². The van der Waals surface area contributed by atoms with E-state index in [2.05, 4.69) is 15.2 Å². The number of hydrogen-bond acceptors (Lipinski definition) is 6. The summed E-state index contributed by atoms with van der Waals surface area (Å²) in [7, 11) is 0. The molecule has 1 saturated heterocycles. The zero-order valence-electron chi connectivity index (χ0n) is 11.3. The molecule has 0 spiro atoms. The van der Waals surface area contributed by atoms with Crippen LogP contribution in [0.3, 0.4) is 0 Å². The van der Waals surface area contributed by atoms with E-state index in [1.54, 1.807) is 18.3 Å². The molecule has 110 valence electrons. The Morgan fingerprint density at radius 1 is 1.29 bits per heavy atom. The largest absolute Gasteiger partial charge is 0.508 e. The van der Waals surface area contributed by atoms with Crippen molar-refractivity contribution in [2.24, 2.45) is 0 Å². The van der Waals surface area contributed by atoms with Crippen molar-refractivity contribution in [1.82, 2.24) is 4.98 Å². The predicted molar refractivity (Wildman–Crippen MR) is 81.2 cm³/mol. The maximum Gasteiger partial charge on any atom is 0.257 e. The van der Waals surface area contributed by atoms with Gasteiger partial charge in [-0.05, 0) is 24.3 Å². The normalized spacial score (nSPS) is 15.0. The van der Waals surface area contributed by atoms with Crippen LogP contribution in [-0.4, -0.2) is 42.3 Å². The second-order valence-corrected chi connectivity index (χ2v) is 5.61. The molecule has 6 nitrogen and oxygen atoms in total. The summed E-state index contributed by atoms with van der Waals surface area (Å²) in [5.74, 6) is -0.103. The van der Waals surface area contributed by atoms with Gasteiger partial charge in [-0.2, -0.15) is 0 Å². The standard InChI is InChI=1S/C14H15N3O3S/c18-11-3-1-10(2-4-11)13(19)16-14-15-9-12(21-14)17-5-7-20-8-6-17/h1-4,9,18H,5-8H2,(H,15,16,19). The van der Waals surface area contributed by atoms with Crippen LogP contribution >= 0.6 is 11.3 Å². The lowest BCUT2D eigenvalue weighted by Gasteiger charge is -2.26. The molecule has 0 saturated carbocycles. The first-order valence-electron chi connectivity index (χ1n) is 6.61. The molecule has 0 aliphatic carbocycles. The monoisotopic (exact) mass is 305 g/mol. The van der Waals surface area contributed by atoms with Crippen molar-refractivity contribution in [2.45, 2.75) is 0 Å². The number of aromatic nitrogens is 1. The molecule has 7 heteroatoms. The molecule has 21 heavy (non-hydrogen) atoms. The lowest BCUT2D eigenvalue weighted by Crippen LogP contribution is -2.35. The fourth-order valence-corrected chi connectivity index (χ4v) is 2.90. The number of aromatic hydroxyl groups is 1. The van der Waals surface area contributed by atoms with Crippen LogP contribution in [0.4, 0.5) is 10.1 Å². The van der Waals surface area contributed by atoms with E-state index in [0.29, 0.717) is 23.9 Å². The number of phenols is 1. The van der Waals surface area contributed by atoms with Gasteiger partial charge in [0.25, 0.3) is 5.91 Å². The van der Waals surface area contributed by atoms with Crippen molar-refractivity contribution in [2.75, 3.05) is 36.5 Å². The average Bonchev–Trinajstić information content (AvgIpc) is 2.97. The second-order valence-electron chi connectivity index (χ2n) is 4.60. The summed E-state index contributed by atoms with van der Waals surface area (Å²) < 4.78 is 5.31. The number of phenolic OH excluding ortho intramolecular Hbond substituents is 1. The third kappa shape index (κ3) is 3.32. The molecule has 0 radical (unpaired) electrons. The molecule has 2 N–H and O–H groups in total. The van der Waals surface area contributed by atoms with Gasteiger partial charge in [-0.25, -0.2) is 4.98 Å². The smallest absolute Gasteiger partial charge is 0.257 e. The highest BCUT2D eigenvalue weighted by Crippen LogP contribution is 2.28. The van der Waals surface area contributed by atoms with Gasteiger partial charge in [-0.1, -0.05) is 11.3 Å². The highest BCUT2D eigenvalue weighted by Gasteiger charge is 2.15. The van der Waals surface area contributed by atoms with Crippen LogP contribution in [0.5, 0.6) is 5.75 Å². The highest BCUT2D eigenvalue weighted by molar-refractivity contribution is 7.19. The van der Waals surface area contributed by atoms with Crippen molar-refractivity contribution in [3.8, 4) is 5.75 Å². The van der Waals surface area contributed by atoms with Gasteiger partial charge in [-0.3, -0.25) is 10.1 Å². The first-order chi connectivity index (χ1) is 10.2. The SMILES string of the molecule is O=C(Nc1ncc(N2CCOCC2)s1)c1ccc(O)cc1. The summed E-state index contributed by atoms with van der Waals surface area (Å²) in [4.78, 5) is 18.5. The fourth-order valence-electron chi connectivity index (χ4n) is 2.04. The lowest BCUT2D eigenvalue weighted by molar-refractivity contribution is 0.102. The first kappa shape index (κ1) is 13.8. The molecule has 2 heterocycles. The minimum Gasteiger partial charge on any atom is -0.508 e. The van der Waals surface area contributed by atoms with Crippen LogP contribution in [0.15, 0.2) is 30.5 Å². The summed E-state index contributed by atoms with van der Waals surface area (Å²) in [5.41, 5.74) is 0.482. The number of benzene rings is 1. The second kappa shape index (κ2) is 6.11. The number of carbonyl (C=O) groups is 1. The van der Waals surface area contributed by atoms with E-state index in [4.69, 9.17) is 4.74 Å². The van der Waals surface area contributed by atoms with Crippen LogP contribution < -0.4 is 10.2 Å². The molecule has 2 aromatic rings. The Labute approximate surface area is 126 Å². The Hall–Kier alpha value is -2.12. The number of rotatable bonds is 3. The van der Waals surface area contributed by atoms with E-state index in [1.165, 1.54) is 23.5 Å². The van der Waals surface area contributed by atoms with Gasteiger partial charge in [0.2, 0.25) is 0 Å². The lowest BCUT2D eigenvalue weighted by atomic mass is 10.2. The van der Waals surface area contributed by atoms with Gasteiger partial charge in [0.1, 0.15) is 10.8 Å². The van der Waals surface area contributed by atoms with Gasteiger partial charge in [-0.15, -0.1) is 0 Å². The Bertz CT molecular complexity index is 621. The Morgan fingerprint density at radius 3 is 2.71 bits per heavy atom. The van der Waals surface area contributed by atoms with Gasteiger partial charge in [0.15, 0.2) is 5.13 Å². The number of amides is 1. The molecule has 1 aromatic heterocycles. The van der Waals surface area contributed by atoms with Crippen LogP contribution in [0.25, 0.3) is 0 Å². The van der Waals surface area contributed by atoms with Crippen LogP contribution in [0.2, 0.25) is 0 Å². The summed E-state index contributed by atoms with van der Waals surface area (Å²) in [5, 5.41) is 13.6. The number of anilines is 2. The van der Waals surface area contributed by atoms with Crippen LogP contribution in [0, 0.1) is 0 Å². The summed E-state index contributed by atoms with van der Waals surface area (Å²) in [6.45, 7) is 3.11. The predicted octanol–water partition coefficient (Wildman–Crippen LogP) is 1.94. The van der Waals surface area contributed by atoms with Gasteiger partial charge in [0.05, 0.1) is 19.4 Å². The van der Waals surface area contributed by atoms with Crippen molar-refractivity contribution >= 4 is 27.4 Å². The van der Waals surface area contributed by atoms with E-state index in [1.807, 2.05) is 0 Å². The highest BCUT2D eigenvalue weighted by atomic mass is 32.1. The average molecular weight is 305 g/mol. The molecule has 0 bridgehead atoms. The van der Waals surface area contributed by atoms with E-state index in [-0.39, 0.29) is 11.7 Å². The summed E-state index contributed by atoms with van der Waals surface area (Å²) in [6.07, 6.45) is 1.77. The minimum absolute atomic E-state index is 0.135. The number of carbonyl (C=O) groups excluding carboxylic acids is 1. The minimum atomic E-state index is -0.238. The number of nitrogens with zero attached hydrogens (tertiary/aromatic N) is 2. The molecule has 3 rings (SSSR count). The molecule has 0 atom stereocenters. The fraction of sp³-hybridized carbons (Fsp3) is 0.286. The molecule has 1 aromatic carbocycles. The maximum atomic E-state index is 12.1. The topological polar surface area (TPSA) is 74.7 Å². The molecule has 1 aliphatic rings. The number of hydrogen-bond donors (Lipinski definition) is 2. The van der Waals surface area contributed by atoms with E-state index >= 15 is 0 Å². The Morgan fingerprint density at radius 2 is 2.00 bits per heavy atom. The zero-order valence-corrected chi connectivity index (χ0v) is 12.1. The number of ether oxygens (including phenoxy) is 1. The zero-order chi connectivity index (χ0) is 14.7. The Balaban J connectivity index is 1.66. The Kier molecular flexibility index (Phi) is 4.03. The van der Waals surface area contributed by atoms with Crippen molar-refractivity contribution in [3.63, 3.8) is 0 Å². The quantitative estimate of drug-likeness (QED) is 0.906. The third-order valence-corrected chi connectivity index (χ3v) is 4.14. The van der Waals surface area contributed by atoms with Crippen molar-refractivity contribution in [3.05, 3.63) is 36.0 Å². The van der Waals surface area contributed by atoms with Crippen LogP contribution in [-0.2, 0) is 4.74 Å². The molecular weight excluding hydrogens is 290 g/mol. The number of morpholine rings is 1. The van der Waals surface area contributed by atoms with Crippen LogP contribution in [0.1, 0.15) is 10.4 Å². The summed E-state index contributed by atoms with van der Waals surface area (Å²) >= 11 is 1.44. The molecule has 1 aliphatic heterocycles. The molecule has 0 unspecified atom stereocenters. The maximum absolute atomic E-state index is 12.1. The number of thiazole rings is 1. The van der Waals surface area contributed by atoms with Gasteiger partial charge >= 0.3 is 0 Å². The van der Waals surface area contributed by atoms with E-state index < -0.39 is 0 Å². The van der Waals surface area contributed by atoms with Crippen molar-refractivity contribution in [1.29, 1.82) is 0 Å². The summed E-state index contributed by atoms with van der Waals surface area (Å²) in [6, 6.07) is 6.11. The molecule has 1 amide bonds. The molecule has 1 fully saturated rings. The first-order valence-corrected chi connectivity index (χ1v) is 7.43. The van der Waals surface area contributed by atoms with E-state index in [9.17, 15) is 9.90 Å². The van der Waals surface area contributed by atoms with Gasteiger partial charge < -0.3 is 14.7 Å². The van der Waals surface area contributed by atoms with E-state index in [0.717, 1.165) is 18.1 Å². The number of nitrogens with one attached hydrogen (secondary N) is 1. The third-order valence-electron chi connectivity index (χ3n) is 3.17. The van der Waals surface area contributed by atoms with Crippen molar-refractivity contribution < 1.29 is 14.6 Å². The molecular formula is C14H15N3O3S.